The van der Waals surface area contributed by atoms with Crippen molar-refractivity contribution in [1.82, 2.24) is 9.55 Å². The van der Waals surface area contributed by atoms with Crippen molar-refractivity contribution < 1.29 is 9.13 Å². The van der Waals surface area contributed by atoms with Crippen molar-refractivity contribution in [2.75, 3.05) is 7.11 Å². The van der Waals surface area contributed by atoms with E-state index in [2.05, 4.69) is 9.55 Å². The number of aromatic nitrogens is 2. The number of pyridine rings is 1. The molecule has 2 aromatic heterocycles. The first-order valence-corrected chi connectivity index (χ1v) is 8.66. The van der Waals surface area contributed by atoms with Crippen molar-refractivity contribution in [2.45, 2.75) is 11.4 Å². The zero-order chi connectivity index (χ0) is 17.4. The fraction of sp³-hybridized carbons (Fsp3) is 0.105. The van der Waals surface area contributed by atoms with Crippen LogP contribution in [0.2, 0.25) is 0 Å². The first kappa shape index (κ1) is 15.9. The average Bonchev–Trinajstić information content (AvgIpc) is 2.97. The molecule has 25 heavy (non-hydrogen) atoms. The number of nitrogens with zero attached hydrogens (tertiary/aromatic N) is 2. The van der Waals surface area contributed by atoms with Crippen LogP contribution < -0.4 is 9.88 Å². The number of fused-ring (bicyclic) bond motifs is 3. The molecule has 0 atom stereocenters. The summed E-state index contributed by atoms with van der Waals surface area (Å²) in [6.45, 7) is 0.618. The van der Waals surface area contributed by atoms with Crippen LogP contribution in [0.5, 0.6) is 5.75 Å². The van der Waals surface area contributed by atoms with Crippen LogP contribution in [-0.4, -0.2) is 16.7 Å². The lowest BCUT2D eigenvalue weighted by Gasteiger charge is -2.09. The topological polar surface area (TPSA) is 53.1 Å². The highest BCUT2D eigenvalue weighted by molar-refractivity contribution is 7.97. The van der Waals surface area contributed by atoms with Gasteiger partial charge in [-0.3, -0.25) is 10.1 Å². The number of hydrogen-bond donors (Lipinski definition) is 1. The average molecular weight is 353 g/mol. The maximum absolute atomic E-state index is 14.9. The predicted molar refractivity (Wildman–Crippen MR) is 99.3 cm³/mol. The number of halogens is 1. The van der Waals surface area contributed by atoms with Gasteiger partial charge in [-0.15, -0.1) is 0 Å². The van der Waals surface area contributed by atoms with Gasteiger partial charge in [0.15, 0.2) is 11.6 Å². The quantitative estimate of drug-likeness (QED) is 0.554. The van der Waals surface area contributed by atoms with Gasteiger partial charge in [-0.05, 0) is 53.9 Å². The van der Waals surface area contributed by atoms with Gasteiger partial charge in [0.2, 0.25) is 0 Å². The van der Waals surface area contributed by atoms with E-state index in [4.69, 9.17) is 9.88 Å². The van der Waals surface area contributed by atoms with E-state index in [-0.39, 0.29) is 11.6 Å². The number of hydrogen-bond acceptors (Lipinski definition) is 4. The molecule has 2 N–H and O–H groups in total. The molecule has 2 aromatic carbocycles. The molecule has 0 aliphatic rings. The Hall–Kier alpha value is -2.57. The SMILES string of the molecule is COc1ccc2c(c1F)c1ncccc1n2Cc1ccc(SN)cc1. The minimum atomic E-state index is -0.377. The van der Waals surface area contributed by atoms with E-state index >= 15 is 0 Å². The molecule has 0 aliphatic carbocycles. The third-order valence-corrected chi connectivity index (χ3v) is 4.85. The van der Waals surface area contributed by atoms with Crippen molar-refractivity contribution in [1.29, 1.82) is 0 Å². The van der Waals surface area contributed by atoms with E-state index in [1.54, 1.807) is 12.3 Å². The molecule has 126 valence electrons. The Bertz CT molecular complexity index is 1060. The largest absolute Gasteiger partial charge is 0.494 e. The van der Waals surface area contributed by atoms with E-state index in [0.717, 1.165) is 21.5 Å². The molecular formula is C19H16FN3OS. The lowest BCUT2D eigenvalue weighted by atomic mass is 10.2. The third kappa shape index (κ3) is 2.63. The Labute approximate surface area is 148 Å². The Balaban J connectivity index is 1.93. The van der Waals surface area contributed by atoms with Crippen LogP contribution in [0.3, 0.4) is 0 Å². The van der Waals surface area contributed by atoms with Crippen LogP contribution in [0.25, 0.3) is 21.9 Å². The van der Waals surface area contributed by atoms with Crippen molar-refractivity contribution in [3.05, 3.63) is 66.1 Å². The molecule has 0 bridgehead atoms. The van der Waals surface area contributed by atoms with Crippen molar-refractivity contribution >= 4 is 33.9 Å². The standard InChI is InChI=1S/C19H16FN3OS/c1-24-16-9-8-14-17(18(16)20)19-15(3-2-10-22-19)23(14)11-12-4-6-13(25-21)7-5-12/h2-10H,11,21H2,1H3. The molecule has 4 rings (SSSR count). The molecule has 0 amide bonds. The molecular weight excluding hydrogens is 337 g/mol. The van der Waals surface area contributed by atoms with Crippen LogP contribution in [-0.2, 0) is 6.54 Å². The highest BCUT2D eigenvalue weighted by atomic mass is 32.2. The van der Waals surface area contributed by atoms with E-state index in [1.165, 1.54) is 19.1 Å². The highest BCUT2D eigenvalue weighted by Gasteiger charge is 2.18. The number of nitrogens with two attached hydrogens (primary N) is 1. The van der Waals surface area contributed by atoms with Gasteiger partial charge in [0.25, 0.3) is 0 Å². The molecule has 0 fully saturated rings. The zero-order valence-corrected chi connectivity index (χ0v) is 14.4. The molecule has 0 unspecified atom stereocenters. The monoisotopic (exact) mass is 353 g/mol. The molecule has 0 saturated heterocycles. The first-order valence-electron chi connectivity index (χ1n) is 7.78. The van der Waals surface area contributed by atoms with Crippen molar-refractivity contribution in [2.24, 2.45) is 5.14 Å². The maximum Gasteiger partial charge on any atom is 0.176 e. The minimum Gasteiger partial charge on any atom is -0.494 e. The van der Waals surface area contributed by atoms with Crippen LogP contribution >= 0.6 is 11.9 Å². The van der Waals surface area contributed by atoms with E-state index in [1.807, 2.05) is 42.5 Å². The minimum absolute atomic E-state index is 0.224. The summed E-state index contributed by atoms with van der Waals surface area (Å²) in [6, 6.07) is 15.4. The summed E-state index contributed by atoms with van der Waals surface area (Å²) in [5.74, 6) is -0.154. The second kappa shape index (κ2) is 6.38. The molecule has 6 heteroatoms. The first-order chi connectivity index (χ1) is 12.2. The van der Waals surface area contributed by atoms with Gasteiger partial charge in [0.05, 0.1) is 29.0 Å². The van der Waals surface area contributed by atoms with Crippen LogP contribution in [0.1, 0.15) is 5.56 Å². The number of rotatable bonds is 4. The lowest BCUT2D eigenvalue weighted by Crippen LogP contribution is -2.00. The second-order valence-corrected chi connectivity index (χ2v) is 6.40. The molecule has 2 heterocycles. The summed E-state index contributed by atoms with van der Waals surface area (Å²) in [7, 11) is 1.47. The van der Waals surface area contributed by atoms with E-state index in [9.17, 15) is 4.39 Å². The fourth-order valence-corrected chi connectivity index (χ4v) is 3.41. The van der Waals surface area contributed by atoms with Gasteiger partial charge in [-0.25, -0.2) is 4.39 Å². The summed E-state index contributed by atoms with van der Waals surface area (Å²) in [5.41, 5.74) is 3.44. The summed E-state index contributed by atoms with van der Waals surface area (Å²) in [6.07, 6.45) is 1.68. The fourth-order valence-electron chi connectivity index (χ4n) is 3.12. The van der Waals surface area contributed by atoms with E-state index < -0.39 is 0 Å². The lowest BCUT2D eigenvalue weighted by molar-refractivity contribution is 0.389. The molecule has 4 aromatic rings. The van der Waals surface area contributed by atoms with Crippen molar-refractivity contribution in [3.8, 4) is 5.75 Å². The molecule has 0 spiro atoms. The van der Waals surface area contributed by atoms with Gasteiger partial charge < -0.3 is 9.30 Å². The number of benzene rings is 2. The Morgan fingerprint density at radius 1 is 1.12 bits per heavy atom. The smallest absolute Gasteiger partial charge is 0.176 e. The van der Waals surface area contributed by atoms with Crippen LogP contribution in [0, 0.1) is 5.82 Å². The maximum atomic E-state index is 14.9. The predicted octanol–water partition coefficient (Wildman–Crippen LogP) is 4.35. The zero-order valence-electron chi connectivity index (χ0n) is 13.6. The molecule has 4 nitrogen and oxygen atoms in total. The normalized spacial score (nSPS) is 11.3. The van der Waals surface area contributed by atoms with Gasteiger partial charge in [0.1, 0.15) is 0 Å². The number of methoxy groups -OCH3 is 1. The highest BCUT2D eigenvalue weighted by Crippen LogP contribution is 2.34. The summed E-state index contributed by atoms with van der Waals surface area (Å²) in [4.78, 5) is 5.40. The van der Waals surface area contributed by atoms with Gasteiger partial charge in [0, 0.05) is 17.6 Å². The van der Waals surface area contributed by atoms with Crippen LogP contribution in [0.15, 0.2) is 59.6 Å². The molecule has 0 aliphatic heterocycles. The van der Waals surface area contributed by atoms with Gasteiger partial charge in [-0.2, -0.15) is 0 Å². The third-order valence-electron chi connectivity index (χ3n) is 4.31. The summed E-state index contributed by atoms with van der Waals surface area (Å²) in [5, 5.41) is 6.07. The Morgan fingerprint density at radius 2 is 1.92 bits per heavy atom. The van der Waals surface area contributed by atoms with Crippen LogP contribution in [0.4, 0.5) is 4.39 Å². The second-order valence-electron chi connectivity index (χ2n) is 5.70. The summed E-state index contributed by atoms with van der Waals surface area (Å²) >= 11 is 1.22. The Kier molecular flexibility index (Phi) is 4.07. The van der Waals surface area contributed by atoms with Gasteiger partial charge in [-0.1, -0.05) is 12.1 Å². The molecule has 0 radical (unpaired) electrons. The number of ether oxygens (including phenoxy) is 1. The van der Waals surface area contributed by atoms with Gasteiger partial charge >= 0.3 is 0 Å². The molecule has 0 saturated carbocycles. The van der Waals surface area contributed by atoms with Crippen molar-refractivity contribution in [3.63, 3.8) is 0 Å². The van der Waals surface area contributed by atoms with E-state index in [0.29, 0.717) is 17.4 Å². The summed E-state index contributed by atoms with van der Waals surface area (Å²) < 4.78 is 22.1. The Morgan fingerprint density at radius 3 is 2.64 bits per heavy atom.